The summed E-state index contributed by atoms with van der Waals surface area (Å²) in [5.41, 5.74) is 5.84. The second kappa shape index (κ2) is 4.21. The summed E-state index contributed by atoms with van der Waals surface area (Å²) in [6.07, 6.45) is 2.60. The van der Waals surface area contributed by atoms with E-state index in [1.165, 1.54) is 18.6 Å². The molecule has 10 heavy (non-hydrogen) atoms. The SMILES string of the molecule is COCC(N)C1CCCS1. The summed E-state index contributed by atoms with van der Waals surface area (Å²) in [5.74, 6) is 1.28. The Hall–Kier alpha value is 0.270. The van der Waals surface area contributed by atoms with E-state index >= 15 is 0 Å². The standard InChI is InChI=1S/C7H15NOS/c1-9-5-6(8)7-3-2-4-10-7/h6-7H,2-5,8H2,1H3. The van der Waals surface area contributed by atoms with Gasteiger partial charge in [0.2, 0.25) is 0 Å². The van der Waals surface area contributed by atoms with Crippen LogP contribution < -0.4 is 5.73 Å². The molecular weight excluding hydrogens is 146 g/mol. The Labute approximate surface area is 66.5 Å². The predicted octanol–water partition coefficient (Wildman–Crippen LogP) is 0.856. The van der Waals surface area contributed by atoms with Crippen LogP contribution in [-0.2, 0) is 4.74 Å². The molecule has 0 aromatic carbocycles. The fraction of sp³-hybridized carbons (Fsp3) is 1.00. The molecule has 0 aromatic heterocycles. The average Bonchev–Trinajstić information content (AvgIpc) is 2.38. The minimum absolute atomic E-state index is 0.248. The second-order valence-electron chi connectivity index (χ2n) is 2.67. The molecule has 2 nitrogen and oxygen atoms in total. The molecule has 0 aliphatic carbocycles. The third-order valence-electron chi connectivity index (χ3n) is 1.80. The van der Waals surface area contributed by atoms with Crippen molar-refractivity contribution in [3.63, 3.8) is 0 Å². The predicted molar refractivity (Wildman–Crippen MR) is 45.3 cm³/mol. The van der Waals surface area contributed by atoms with E-state index in [4.69, 9.17) is 10.5 Å². The normalized spacial score (nSPS) is 28.8. The van der Waals surface area contributed by atoms with Crippen LogP contribution in [-0.4, -0.2) is 30.8 Å². The molecule has 0 bridgehead atoms. The molecule has 0 radical (unpaired) electrons. The van der Waals surface area contributed by atoms with Crippen LogP contribution in [0.3, 0.4) is 0 Å². The van der Waals surface area contributed by atoms with E-state index in [1.807, 2.05) is 11.8 Å². The van der Waals surface area contributed by atoms with Gasteiger partial charge in [-0.3, -0.25) is 0 Å². The van der Waals surface area contributed by atoms with Crippen LogP contribution in [0, 0.1) is 0 Å². The molecule has 2 atom stereocenters. The number of methoxy groups -OCH3 is 1. The van der Waals surface area contributed by atoms with Gasteiger partial charge < -0.3 is 10.5 Å². The zero-order valence-corrected chi connectivity index (χ0v) is 7.19. The van der Waals surface area contributed by atoms with Gasteiger partial charge in [0, 0.05) is 18.4 Å². The van der Waals surface area contributed by atoms with E-state index in [0.29, 0.717) is 11.9 Å². The molecule has 1 aliphatic heterocycles. The van der Waals surface area contributed by atoms with Crippen molar-refractivity contribution in [1.82, 2.24) is 0 Å². The van der Waals surface area contributed by atoms with Crippen molar-refractivity contribution in [3.8, 4) is 0 Å². The van der Waals surface area contributed by atoms with Gasteiger partial charge in [0.05, 0.1) is 6.61 Å². The molecule has 1 saturated heterocycles. The van der Waals surface area contributed by atoms with Crippen LogP contribution in [0.2, 0.25) is 0 Å². The average molecular weight is 161 g/mol. The Morgan fingerprint density at radius 1 is 1.80 bits per heavy atom. The first-order valence-corrected chi connectivity index (χ1v) is 4.75. The van der Waals surface area contributed by atoms with Gasteiger partial charge in [0.1, 0.15) is 0 Å². The Bertz CT molecular complexity index is 93.6. The summed E-state index contributed by atoms with van der Waals surface area (Å²) >= 11 is 1.99. The molecule has 1 rings (SSSR count). The van der Waals surface area contributed by atoms with E-state index in [2.05, 4.69) is 0 Å². The smallest absolute Gasteiger partial charge is 0.0624 e. The Kier molecular flexibility index (Phi) is 3.52. The highest BCUT2D eigenvalue weighted by Gasteiger charge is 2.21. The van der Waals surface area contributed by atoms with Gasteiger partial charge in [0.25, 0.3) is 0 Å². The number of hydrogen-bond donors (Lipinski definition) is 1. The molecule has 0 spiro atoms. The lowest BCUT2D eigenvalue weighted by molar-refractivity contribution is 0.178. The maximum Gasteiger partial charge on any atom is 0.0624 e. The molecule has 0 saturated carbocycles. The van der Waals surface area contributed by atoms with Gasteiger partial charge in [-0.15, -0.1) is 0 Å². The van der Waals surface area contributed by atoms with Crippen molar-refractivity contribution >= 4 is 11.8 Å². The van der Waals surface area contributed by atoms with Crippen LogP contribution in [0.25, 0.3) is 0 Å². The minimum atomic E-state index is 0.248. The first kappa shape index (κ1) is 8.37. The number of nitrogens with two attached hydrogens (primary N) is 1. The van der Waals surface area contributed by atoms with E-state index in [9.17, 15) is 0 Å². The van der Waals surface area contributed by atoms with Crippen molar-refractivity contribution in [3.05, 3.63) is 0 Å². The lowest BCUT2D eigenvalue weighted by Crippen LogP contribution is -2.35. The van der Waals surface area contributed by atoms with Gasteiger partial charge in [-0.25, -0.2) is 0 Å². The maximum absolute atomic E-state index is 5.84. The fourth-order valence-corrected chi connectivity index (χ4v) is 2.54. The summed E-state index contributed by atoms with van der Waals surface area (Å²) in [6, 6.07) is 0.248. The molecular formula is C7H15NOS. The molecule has 1 fully saturated rings. The molecule has 0 amide bonds. The van der Waals surface area contributed by atoms with Crippen molar-refractivity contribution in [1.29, 1.82) is 0 Å². The van der Waals surface area contributed by atoms with Crippen molar-refractivity contribution in [2.75, 3.05) is 19.5 Å². The highest BCUT2D eigenvalue weighted by atomic mass is 32.2. The first-order valence-electron chi connectivity index (χ1n) is 3.70. The van der Waals surface area contributed by atoms with Crippen molar-refractivity contribution in [2.45, 2.75) is 24.1 Å². The molecule has 2 N–H and O–H groups in total. The van der Waals surface area contributed by atoms with Gasteiger partial charge in [0.15, 0.2) is 0 Å². The number of thioether (sulfide) groups is 1. The topological polar surface area (TPSA) is 35.2 Å². The van der Waals surface area contributed by atoms with Gasteiger partial charge in [-0.1, -0.05) is 0 Å². The summed E-state index contributed by atoms with van der Waals surface area (Å²) in [4.78, 5) is 0. The summed E-state index contributed by atoms with van der Waals surface area (Å²) in [5, 5.41) is 0.653. The zero-order chi connectivity index (χ0) is 7.40. The molecule has 1 aliphatic rings. The molecule has 0 aromatic rings. The fourth-order valence-electron chi connectivity index (χ4n) is 1.24. The van der Waals surface area contributed by atoms with Crippen LogP contribution in [0.4, 0.5) is 0 Å². The van der Waals surface area contributed by atoms with Crippen LogP contribution >= 0.6 is 11.8 Å². The van der Waals surface area contributed by atoms with Crippen LogP contribution in [0.5, 0.6) is 0 Å². The van der Waals surface area contributed by atoms with Crippen LogP contribution in [0.15, 0.2) is 0 Å². The first-order chi connectivity index (χ1) is 4.84. The van der Waals surface area contributed by atoms with Gasteiger partial charge in [-0.2, -0.15) is 11.8 Å². The Morgan fingerprint density at radius 2 is 2.60 bits per heavy atom. The Morgan fingerprint density at radius 3 is 3.10 bits per heavy atom. The molecule has 1 heterocycles. The minimum Gasteiger partial charge on any atom is -0.383 e. The monoisotopic (exact) mass is 161 g/mol. The van der Waals surface area contributed by atoms with Gasteiger partial charge >= 0.3 is 0 Å². The molecule has 60 valence electrons. The van der Waals surface area contributed by atoms with Crippen molar-refractivity contribution in [2.24, 2.45) is 5.73 Å². The third-order valence-corrected chi connectivity index (χ3v) is 3.34. The second-order valence-corrected chi connectivity index (χ2v) is 4.02. The summed E-state index contributed by atoms with van der Waals surface area (Å²) in [6.45, 7) is 0.706. The van der Waals surface area contributed by atoms with E-state index < -0.39 is 0 Å². The van der Waals surface area contributed by atoms with E-state index in [-0.39, 0.29) is 6.04 Å². The molecule has 2 unspecified atom stereocenters. The maximum atomic E-state index is 5.84. The highest BCUT2D eigenvalue weighted by Crippen LogP contribution is 2.27. The zero-order valence-electron chi connectivity index (χ0n) is 6.38. The lowest BCUT2D eigenvalue weighted by Gasteiger charge is -2.16. The third kappa shape index (κ3) is 2.15. The van der Waals surface area contributed by atoms with E-state index in [0.717, 1.165) is 0 Å². The number of rotatable bonds is 3. The number of hydrogen-bond acceptors (Lipinski definition) is 3. The Balaban J connectivity index is 2.18. The van der Waals surface area contributed by atoms with E-state index in [1.54, 1.807) is 7.11 Å². The summed E-state index contributed by atoms with van der Waals surface area (Å²) < 4.78 is 4.98. The van der Waals surface area contributed by atoms with Gasteiger partial charge in [-0.05, 0) is 18.6 Å². The number of ether oxygens (including phenoxy) is 1. The molecule has 3 heteroatoms. The quantitative estimate of drug-likeness (QED) is 0.666. The largest absolute Gasteiger partial charge is 0.383 e. The van der Waals surface area contributed by atoms with Crippen LogP contribution in [0.1, 0.15) is 12.8 Å². The lowest BCUT2D eigenvalue weighted by atomic mass is 10.1. The summed E-state index contributed by atoms with van der Waals surface area (Å²) in [7, 11) is 1.71. The highest BCUT2D eigenvalue weighted by molar-refractivity contribution is 8.00. The van der Waals surface area contributed by atoms with Crippen molar-refractivity contribution < 1.29 is 4.74 Å².